The van der Waals surface area contributed by atoms with E-state index in [0.29, 0.717) is 5.69 Å². The van der Waals surface area contributed by atoms with E-state index >= 15 is 0 Å². The van der Waals surface area contributed by atoms with Crippen LogP contribution in [0, 0.1) is 6.92 Å². The third kappa shape index (κ3) is 3.14. The fraction of sp³-hybridized carbons (Fsp3) is 0.182. The zero-order valence-corrected chi connectivity index (χ0v) is 11.9. The largest absolute Gasteiger partial charge is 0.328 e. The topological polar surface area (TPSA) is 102 Å². The molecule has 2 heterocycles. The fourth-order valence-corrected chi connectivity index (χ4v) is 2.50. The van der Waals surface area contributed by atoms with Crippen molar-refractivity contribution in [1.82, 2.24) is 14.5 Å². The quantitative estimate of drug-likeness (QED) is 0.816. The maximum absolute atomic E-state index is 11.7. The molecule has 0 radical (unpaired) electrons. The smallest absolute Gasteiger partial charge is 0.293 e. The lowest BCUT2D eigenvalue weighted by atomic mass is 10.3. The SMILES string of the molecule is Cc1cccc(Cn2cc(S(=O)(=O)Cl)c(=O)[nH]c2=O)n1. The molecule has 1 N–H and O–H groups in total. The number of aryl methyl sites for hydroxylation is 1. The van der Waals surface area contributed by atoms with Crippen LogP contribution in [0.15, 0.2) is 38.9 Å². The van der Waals surface area contributed by atoms with E-state index in [-0.39, 0.29) is 6.54 Å². The second-order valence-electron chi connectivity index (χ2n) is 4.09. The minimum absolute atomic E-state index is 0.0245. The van der Waals surface area contributed by atoms with Crippen molar-refractivity contribution in [3.63, 3.8) is 0 Å². The number of H-pyrrole nitrogens is 1. The standard InChI is InChI=1S/C11H10ClN3O4S/c1-7-3-2-4-8(13-7)5-15-6-9(20(12,18)19)10(16)14-11(15)17/h2-4,6H,5H2,1H3,(H,14,16,17). The van der Waals surface area contributed by atoms with E-state index < -0.39 is 25.2 Å². The molecule has 0 fully saturated rings. The lowest BCUT2D eigenvalue weighted by Crippen LogP contribution is -2.32. The lowest BCUT2D eigenvalue weighted by molar-refractivity contribution is 0.602. The minimum atomic E-state index is -4.22. The Morgan fingerprint density at radius 1 is 1.35 bits per heavy atom. The van der Waals surface area contributed by atoms with Gasteiger partial charge in [-0.1, -0.05) is 6.07 Å². The number of nitrogens with one attached hydrogen (secondary N) is 1. The van der Waals surface area contributed by atoms with Crippen molar-refractivity contribution in [2.45, 2.75) is 18.4 Å². The average molecular weight is 316 g/mol. The summed E-state index contributed by atoms with van der Waals surface area (Å²) in [5, 5.41) is 0. The van der Waals surface area contributed by atoms with Crippen LogP contribution in [-0.2, 0) is 15.6 Å². The normalized spacial score (nSPS) is 11.5. The number of nitrogens with zero attached hydrogens (tertiary/aromatic N) is 2. The number of hydrogen-bond acceptors (Lipinski definition) is 5. The van der Waals surface area contributed by atoms with Crippen molar-refractivity contribution in [2.24, 2.45) is 0 Å². The molecular formula is C11H10ClN3O4S. The number of pyridine rings is 1. The Hall–Kier alpha value is -1.93. The highest BCUT2D eigenvalue weighted by Gasteiger charge is 2.17. The third-order valence-corrected chi connectivity index (χ3v) is 3.83. The molecule has 0 saturated heterocycles. The minimum Gasteiger partial charge on any atom is -0.293 e. The van der Waals surface area contributed by atoms with Gasteiger partial charge in [-0.15, -0.1) is 0 Å². The van der Waals surface area contributed by atoms with Crippen LogP contribution in [0.3, 0.4) is 0 Å². The van der Waals surface area contributed by atoms with Gasteiger partial charge >= 0.3 is 5.69 Å². The predicted octanol–water partition coefficient (Wildman–Crippen LogP) is 0.216. The summed E-state index contributed by atoms with van der Waals surface area (Å²) in [5.41, 5.74) is -0.469. The summed E-state index contributed by atoms with van der Waals surface area (Å²) in [6.07, 6.45) is 0.910. The summed E-state index contributed by atoms with van der Waals surface area (Å²) in [4.78, 5) is 28.5. The van der Waals surface area contributed by atoms with Crippen molar-refractivity contribution >= 4 is 19.7 Å². The molecule has 2 aromatic rings. The maximum atomic E-state index is 11.7. The van der Waals surface area contributed by atoms with Gasteiger partial charge in [-0.2, -0.15) is 0 Å². The van der Waals surface area contributed by atoms with Gasteiger partial charge in [0.15, 0.2) is 4.90 Å². The molecule has 0 bridgehead atoms. The molecule has 20 heavy (non-hydrogen) atoms. The fourth-order valence-electron chi connectivity index (χ4n) is 1.64. The first-order valence-corrected chi connectivity index (χ1v) is 7.79. The third-order valence-electron chi connectivity index (χ3n) is 2.52. The Balaban J connectivity index is 2.53. The van der Waals surface area contributed by atoms with Gasteiger partial charge in [-0.25, -0.2) is 13.2 Å². The monoisotopic (exact) mass is 315 g/mol. The molecule has 106 valence electrons. The molecule has 0 unspecified atom stereocenters. The highest BCUT2D eigenvalue weighted by molar-refractivity contribution is 8.13. The van der Waals surface area contributed by atoms with Gasteiger partial charge in [0, 0.05) is 22.6 Å². The van der Waals surface area contributed by atoms with Crippen LogP contribution >= 0.6 is 10.7 Å². The van der Waals surface area contributed by atoms with Crippen LogP contribution in [0.5, 0.6) is 0 Å². The lowest BCUT2D eigenvalue weighted by Gasteiger charge is -2.06. The molecule has 0 saturated carbocycles. The van der Waals surface area contributed by atoms with E-state index in [1.807, 2.05) is 4.98 Å². The van der Waals surface area contributed by atoms with E-state index in [9.17, 15) is 18.0 Å². The Morgan fingerprint density at radius 2 is 2.05 bits per heavy atom. The number of halogens is 1. The zero-order chi connectivity index (χ0) is 14.9. The average Bonchev–Trinajstić information content (AvgIpc) is 2.31. The predicted molar refractivity (Wildman–Crippen MR) is 72.4 cm³/mol. The van der Waals surface area contributed by atoms with E-state index in [1.165, 1.54) is 0 Å². The number of aromatic amines is 1. The highest BCUT2D eigenvalue weighted by Crippen LogP contribution is 2.08. The van der Waals surface area contributed by atoms with Crippen molar-refractivity contribution in [3.05, 3.63) is 56.6 Å². The first-order chi connectivity index (χ1) is 9.27. The Morgan fingerprint density at radius 3 is 2.65 bits per heavy atom. The second kappa shape index (κ2) is 5.22. The van der Waals surface area contributed by atoms with Crippen LogP contribution in [0.2, 0.25) is 0 Å². The van der Waals surface area contributed by atoms with Crippen LogP contribution in [0.1, 0.15) is 11.4 Å². The molecule has 2 aromatic heterocycles. The summed E-state index contributed by atoms with van der Waals surface area (Å²) < 4.78 is 23.5. The summed E-state index contributed by atoms with van der Waals surface area (Å²) in [7, 11) is 0.913. The van der Waals surface area contributed by atoms with E-state index in [1.54, 1.807) is 25.1 Å². The Kier molecular flexibility index (Phi) is 3.78. The molecule has 0 spiro atoms. The van der Waals surface area contributed by atoms with E-state index in [0.717, 1.165) is 16.5 Å². The van der Waals surface area contributed by atoms with Crippen LogP contribution in [0.25, 0.3) is 0 Å². The first kappa shape index (κ1) is 14.5. The summed E-state index contributed by atoms with van der Waals surface area (Å²) in [6, 6.07) is 5.22. The highest BCUT2D eigenvalue weighted by atomic mass is 35.7. The van der Waals surface area contributed by atoms with Gasteiger partial charge in [-0.3, -0.25) is 19.3 Å². The molecule has 7 nitrogen and oxygen atoms in total. The van der Waals surface area contributed by atoms with Crippen molar-refractivity contribution in [1.29, 1.82) is 0 Å². The van der Waals surface area contributed by atoms with Crippen LogP contribution in [-0.4, -0.2) is 23.0 Å². The van der Waals surface area contributed by atoms with Crippen molar-refractivity contribution in [2.75, 3.05) is 0 Å². The van der Waals surface area contributed by atoms with Crippen LogP contribution < -0.4 is 11.2 Å². The van der Waals surface area contributed by atoms with Crippen molar-refractivity contribution in [3.8, 4) is 0 Å². The molecule has 0 aliphatic heterocycles. The molecule has 9 heteroatoms. The Bertz CT molecular complexity index is 870. The van der Waals surface area contributed by atoms with Crippen LogP contribution in [0.4, 0.5) is 0 Å². The number of aromatic nitrogens is 3. The zero-order valence-electron chi connectivity index (χ0n) is 10.3. The Labute approximate surface area is 118 Å². The maximum Gasteiger partial charge on any atom is 0.328 e. The number of hydrogen-bond donors (Lipinski definition) is 1. The number of rotatable bonds is 3. The van der Waals surface area contributed by atoms with Crippen molar-refractivity contribution < 1.29 is 8.42 Å². The van der Waals surface area contributed by atoms with Gasteiger partial charge < -0.3 is 0 Å². The summed E-state index contributed by atoms with van der Waals surface area (Å²) in [5.74, 6) is 0. The molecule has 0 aromatic carbocycles. The van der Waals surface area contributed by atoms with Gasteiger partial charge in [0.05, 0.1) is 12.2 Å². The van der Waals surface area contributed by atoms with Gasteiger partial charge in [0.2, 0.25) is 0 Å². The van der Waals surface area contributed by atoms with E-state index in [2.05, 4.69) is 4.98 Å². The summed E-state index contributed by atoms with van der Waals surface area (Å²) >= 11 is 0. The molecular weight excluding hydrogens is 306 g/mol. The van der Waals surface area contributed by atoms with Gasteiger partial charge in [0.25, 0.3) is 14.6 Å². The molecule has 0 atom stereocenters. The van der Waals surface area contributed by atoms with Gasteiger partial charge in [0.1, 0.15) is 0 Å². The van der Waals surface area contributed by atoms with E-state index in [4.69, 9.17) is 10.7 Å². The molecule has 2 rings (SSSR count). The molecule has 0 aliphatic carbocycles. The first-order valence-electron chi connectivity index (χ1n) is 5.48. The second-order valence-corrected chi connectivity index (χ2v) is 6.62. The summed E-state index contributed by atoms with van der Waals surface area (Å²) in [6.45, 7) is 1.81. The van der Waals surface area contributed by atoms with Gasteiger partial charge in [-0.05, 0) is 19.1 Å². The molecule has 0 amide bonds. The molecule has 0 aliphatic rings.